The van der Waals surface area contributed by atoms with Gasteiger partial charge in [-0.25, -0.2) is 4.79 Å². The second kappa shape index (κ2) is 9.58. The number of carbonyl (C=O) groups excluding carboxylic acids is 1. The van der Waals surface area contributed by atoms with Crippen LogP contribution < -0.4 is 29.1 Å². The molecule has 0 aliphatic carbocycles. The van der Waals surface area contributed by atoms with Gasteiger partial charge in [-0.2, -0.15) is 0 Å². The molecule has 0 bridgehead atoms. The molecular formula is C26H22O8. The van der Waals surface area contributed by atoms with Crippen molar-refractivity contribution < 1.29 is 32.9 Å². The number of ether oxygens (including phenoxy) is 5. The average molecular weight is 462 g/mol. The maximum Gasteiger partial charge on any atom is 0.343 e. The molecule has 0 saturated carbocycles. The minimum atomic E-state index is -0.605. The van der Waals surface area contributed by atoms with Gasteiger partial charge in [0, 0.05) is 11.6 Å². The molecule has 8 nitrogen and oxygen atoms in total. The molecule has 3 aromatic carbocycles. The summed E-state index contributed by atoms with van der Waals surface area (Å²) in [6.07, 6.45) is 0. The normalized spacial score (nSPS) is 10.6. The Hall–Kier alpha value is -4.46. The van der Waals surface area contributed by atoms with Crippen LogP contribution in [0.1, 0.15) is 10.4 Å². The molecule has 0 aliphatic rings. The molecule has 0 N–H and O–H groups in total. The van der Waals surface area contributed by atoms with E-state index in [1.807, 2.05) is 0 Å². The number of esters is 1. The highest BCUT2D eigenvalue weighted by atomic mass is 16.5. The smallest absolute Gasteiger partial charge is 0.343 e. The van der Waals surface area contributed by atoms with Gasteiger partial charge in [0.25, 0.3) is 0 Å². The zero-order valence-corrected chi connectivity index (χ0v) is 19.0. The molecule has 8 heteroatoms. The zero-order valence-electron chi connectivity index (χ0n) is 19.0. The van der Waals surface area contributed by atoms with Crippen molar-refractivity contribution in [2.45, 2.75) is 0 Å². The van der Waals surface area contributed by atoms with Gasteiger partial charge in [-0.1, -0.05) is 0 Å². The van der Waals surface area contributed by atoms with Gasteiger partial charge in [-0.3, -0.25) is 4.79 Å². The van der Waals surface area contributed by atoms with Crippen molar-refractivity contribution in [3.63, 3.8) is 0 Å². The molecule has 0 unspecified atom stereocenters. The summed E-state index contributed by atoms with van der Waals surface area (Å²) in [5.74, 6) is 1.94. The molecule has 0 saturated heterocycles. The van der Waals surface area contributed by atoms with Crippen LogP contribution in [-0.4, -0.2) is 34.4 Å². The van der Waals surface area contributed by atoms with Crippen molar-refractivity contribution in [2.75, 3.05) is 28.4 Å². The summed E-state index contributed by atoms with van der Waals surface area (Å²) in [5, 5.41) is 0.279. The second-order valence-electron chi connectivity index (χ2n) is 7.16. The van der Waals surface area contributed by atoms with Gasteiger partial charge in [0.1, 0.15) is 17.1 Å². The van der Waals surface area contributed by atoms with Gasteiger partial charge in [-0.05, 0) is 54.6 Å². The summed E-state index contributed by atoms with van der Waals surface area (Å²) < 4.78 is 32.4. The molecule has 4 rings (SSSR count). The summed E-state index contributed by atoms with van der Waals surface area (Å²) >= 11 is 0. The maximum atomic E-state index is 12.8. The highest BCUT2D eigenvalue weighted by molar-refractivity contribution is 5.92. The third-order valence-corrected chi connectivity index (χ3v) is 5.20. The highest BCUT2D eigenvalue weighted by Crippen LogP contribution is 2.33. The molecule has 34 heavy (non-hydrogen) atoms. The van der Waals surface area contributed by atoms with Crippen LogP contribution in [0.2, 0.25) is 0 Å². The van der Waals surface area contributed by atoms with Crippen LogP contribution in [-0.2, 0) is 0 Å². The van der Waals surface area contributed by atoms with Crippen LogP contribution in [0.3, 0.4) is 0 Å². The molecule has 0 amide bonds. The standard InChI is InChI=1S/C26H22O8/c1-29-21-8-5-15(11-24(21)31-3)23-14-19(27)18-13-17(7-10-20(18)34-23)33-26(28)16-6-9-22(30-2)25(12-16)32-4/h5-14H,1-4H3. The quantitative estimate of drug-likeness (QED) is 0.288. The molecule has 0 atom stereocenters. The van der Waals surface area contributed by atoms with Crippen LogP contribution in [0.5, 0.6) is 28.7 Å². The number of rotatable bonds is 7. The van der Waals surface area contributed by atoms with E-state index in [-0.39, 0.29) is 22.1 Å². The van der Waals surface area contributed by atoms with E-state index in [1.165, 1.54) is 39.5 Å². The largest absolute Gasteiger partial charge is 0.493 e. The van der Waals surface area contributed by atoms with Crippen molar-refractivity contribution in [1.82, 2.24) is 0 Å². The Morgan fingerprint density at radius 2 is 1.35 bits per heavy atom. The Kier molecular flexibility index (Phi) is 6.40. The van der Waals surface area contributed by atoms with Crippen molar-refractivity contribution in [1.29, 1.82) is 0 Å². The van der Waals surface area contributed by atoms with Crippen molar-refractivity contribution in [2.24, 2.45) is 0 Å². The lowest BCUT2D eigenvalue weighted by Crippen LogP contribution is -2.09. The van der Waals surface area contributed by atoms with Crippen molar-refractivity contribution in [3.05, 3.63) is 76.5 Å². The van der Waals surface area contributed by atoms with Gasteiger partial charge in [0.2, 0.25) is 0 Å². The lowest BCUT2D eigenvalue weighted by Gasteiger charge is -2.10. The van der Waals surface area contributed by atoms with E-state index in [2.05, 4.69) is 0 Å². The molecule has 0 fully saturated rings. The summed E-state index contributed by atoms with van der Waals surface area (Å²) in [7, 11) is 6.06. The molecule has 0 radical (unpaired) electrons. The number of methoxy groups -OCH3 is 4. The molecule has 174 valence electrons. The zero-order chi connectivity index (χ0) is 24.2. The first kappa shape index (κ1) is 22.7. The Bertz CT molecular complexity index is 1420. The van der Waals surface area contributed by atoms with E-state index in [0.717, 1.165) is 0 Å². The third kappa shape index (κ3) is 4.38. The molecule has 4 aromatic rings. The monoisotopic (exact) mass is 462 g/mol. The van der Waals surface area contributed by atoms with Crippen LogP contribution in [0.4, 0.5) is 0 Å². The van der Waals surface area contributed by atoms with E-state index in [4.69, 9.17) is 28.1 Å². The number of fused-ring (bicyclic) bond motifs is 1. The van der Waals surface area contributed by atoms with Gasteiger partial charge in [-0.15, -0.1) is 0 Å². The SMILES string of the molecule is COc1ccc(C(=O)Oc2ccc3oc(-c4ccc(OC)c(OC)c4)cc(=O)c3c2)cc1OC. The van der Waals surface area contributed by atoms with Gasteiger partial charge in [0.05, 0.1) is 39.4 Å². The Balaban J connectivity index is 1.63. The number of benzene rings is 3. The highest BCUT2D eigenvalue weighted by Gasteiger charge is 2.15. The average Bonchev–Trinajstić information content (AvgIpc) is 2.87. The second-order valence-corrected chi connectivity index (χ2v) is 7.16. The van der Waals surface area contributed by atoms with Crippen LogP contribution in [0.15, 0.2) is 69.9 Å². The van der Waals surface area contributed by atoms with Gasteiger partial charge in [0.15, 0.2) is 28.4 Å². The predicted molar refractivity (Wildman–Crippen MR) is 126 cm³/mol. The lowest BCUT2D eigenvalue weighted by atomic mass is 10.1. The summed E-state index contributed by atoms with van der Waals surface area (Å²) in [6.45, 7) is 0. The first-order valence-electron chi connectivity index (χ1n) is 10.2. The fourth-order valence-corrected chi connectivity index (χ4v) is 3.46. The van der Waals surface area contributed by atoms with E-state index in [9.17, 15) is 9.59 Å². The summed E-state index contributed by atoms with van der Waals surface area (Å²) in [4.78, 5) is 25.4. The topological polar surface area (TPSA) is 93.4 Å². The Labute approximate surface area is 195 Å². The first-order chi connectivity index (χ1) is 16.5. The van der Waals surface area contributed by atoms with Crippen molar-refractivity contribution in [3.8, 4) is 40.1 Å². The Morgan fingerprint density at radius 1 is 0.706 bits per heavy atom. The molecule has 0 aliphatic heterocycles. The Morgan fingerprint density at radius 3 is 2.03 bits per heavy atom. The van der Waals surface area contributed by atoms with Crippen LogP contribution in [0.25, 0.3) is 22.3 Å². The van der Waals surface area contributed by atoms with Gasteiger partial charge < -0.3 is 28.1 Å². The summed E-state index contributed by atoms with van der Waals surface area (Å²) in [5.41, 5.74) is 0.993. The molecular weight excluding hydrogens is 440 g/mol. The van der Waals surface area contributed by atoms with Crippen LogP contribution >= 0.6 is 0 Å². The fourth-order valence-electron chi connectivity index (χ4n) is 3.46. The molecule has 1 heterocycles. The van der Waals surface area contributed by atoms with Gasteiger partial charge >= 0.3 is 5.97 Å². The van der Waals surface area contributed by atoms with E-state index in [0.29, 0.717) is 39.9 Å². The fraction of sp³-hybridized carbons (Fsp3) is 0.154. The number of hydrogen-bond acceptors (Lipinski definition) is 8. The first-order valence-corrected chi connectivity index (χ1v) is 10.2. The van der Waals surface area contributed by atoms with E-state index >= 15 is 0 Å². The lowest BCUT2D eigenvalue weighted by molar-refractivity contribution is 0.0734. The number of hydrogen-bond donors (Lipinski definition) is 0. The minimum absolute atomic E-state index is 0.207. The van der Waals surface area contributed by atoms with Crippen LogP contribution in [0, 0.1) is 0 Å². The number of carbonyl (C=O) groups is 1. The predicted octanol–water partition coefficient (Wildman–Crippen LogP) is 4.71. The van der Waals surface area contributed by atoms with E-state index < -0.39 is 5.97 Å². The van der Waals surface area contributed by atoms with E-state index in [1.54, 1.807) is 49.6 Å². The molecule has 0 spiro atoms. The molecule has 1 aromatic heterocycles. The third-order valence-electron chi connectivity index (χ3n) is 5.20. The minimum Gasteiger partial charge on any atom is -0.493 e. The van der Waals surface area contributed by atoms with Crippen molar-refractivity contribution >= 4 is 16.9 Å². The summed E-state index contributed by atoms with van der Waals surface area (Å²) in [6, 6.07) is 15.9. The maximum absolute atomic E-state index is 12.8.